The van der Waals surface area contributed by atoms with Gasteiger partial charge in [-0.05, 0) is 104 Å². The van der Waals surface area contributed by atoms with Gasteiger partial charge in [0.2, 0.25) is 6.29 Å². The first-order valence-electron chi connectivity index (χ1n) is 23.9. The lowest BCUT2D eigenvalue weighted by Crippen LogP contribution is -2.67. The molecule has 19 heteroatoms. The van der Waals surface area contributed by atoms with E-state index in [9.17, 15) is 65.8 Å². The molecule has 376 valence electrons. The Morgan fingerprint density at radius 3 is 2.05 bits per heavy atom. The average molecular weight is 943 g/mol. The van der Waals surface area contributed by atoms with Crippen LogP contribution in [0.5, 0.6) is 0 Å². The van der Waals surface area contributed by atoms with Crippen molar-refractivity contribution in [3.05, 3.63) is 11.6 Å². The number of ether oxygens (including phenoxy) is 6. The van der Waals surface area contributed by atoms with Crippen LogP contribution in [0.3, 0.4) is 0 Å². The number of allylic oxidation sites excluding steroid dienone is 2. The molecule has 0 aromatic carbocycles. The van der Waals surface area contributed by atoms with E-state index in [1.165, 1.54) is 5.57 Å². The van der Waals surface area contributed by atoms with Crippen LogP contribution in [0.4, 0.5) is 0 Å². The molecular formula is C47H74O19. The first-order chi connectivity index (χ1) is 30.8. The Morgan fingerprint density at radius 2 is 1.38 bits per heavy atom. The van der Waals surface area contributed by atoms with E-state index < -0.39 is 128 Å². The highest BCUT2D eigenvalue weighted by atomic mass is 16.7. The van der Waals surface area contributed by atoms with E-state index in [-0.39, 0.29) is 46.0 Å². The second-order valence-electron chi connectivity index (χ2n) is 22.9. The fourth-order valence-electron chi connectivity index (χ4n) is 14.7. The summed E-state index contributed by atoms with van der Waals surface area (Å²) in [5.74, 6) is -2.23. The predicted molar refractivity (Wildman–Crippen MR) is 226 cm³/mol. The molecule has 3 saturated heterocycles. The number of rotatable bonds is 9. The van der Waals surface area contributed by atoms with Crippen molar-refractivity contribution in [2.45, 2.75) is 198 Å². The van der Waals surface area contributed by atoms with Crippen LogP contribution in [0.15, 0.2) is 11.6 Å². The van der Waals surface area contributed by atoms with E-state index >= 15 is 0 Å². The molecule has 66 heavy (non-hydrogen) atoms. The lowest BCUT2D eigenvalue weighted by Gasteiger charge is -2.71. The fourth-order valence-corrected chi connectivity index (χ4v) is 14.7. The lowest BCUT2D eigenvalue weighted by atomic mass is 9.33. The molecule has 4 saturated carbocycles. The largest absolute Gasteiger partial charge is 0.479 e. The van der Waals surface area contributed by atoms with Crippen LogP contribution in [-0.4, -0.2) is 180 Å². The van der Waals surface area contributed by atoms with Gasteiger partial charge < -0.3 is 84.6 Å². The van der Waals surface area contributed by atoms with Gasteiger partial charge in [-0.1, -0.05) is 53.2 Å². The Morgan fingerprint density at radius 1 is 0.712 bits per heavy atom. The highest BCUT2D eigenvalue weighted by Gasteiger charge is 2.70. The zero-order valence-corrected chi connectivity index (χ0v) is 38.8. The van der Waals surface area contributed by atoms with Crippen molar-refractivity contribution in [2.75, 3.05) is 19.8 Å². The fraction of sp³-hybridized carbons (Fsp3) is 0.915. The summed E-state index contributed by atoms with van der Waals surface area (Å²) >= 11 is 0. The summed E-state index contributed by atoms with van der Waals surface area (Å²) in [5.41, 5.74) is -1.62. The number of hydrogen-bond acceptors (Lipinski definition) is 18. The number of carboxylic acid groups (broad SMARTS) is 1. The molecule has 23 atom stereocenters. The van der Waals surface area contributed by atoms with Crippen molar-refractivity contribution >= 4 is 11.9 Å². The molecule has 0 radical (unpaired) electrons. The molecule has 11 N–H and O–H groups in total. The summed E-state index contributed by atoms with van der Waals surface area (Å²) in [5, 5.41) is 116. The zero-order valence-electron chi connectivity index (χ0n) is 38.8. The van der Waals surface area contributed by atoms with Gasteiger partial charge in [-0.25, -0.2) is 4.79 Å². The van der Waals surface area contributed by atoms with Crippen molar-refractivity contribution in [1.29, 1.82) is 0 Å². The van der Waals surface area contributed by atoms with Gasteiger partial charge in [0.1, 0.15) is 61.0 Å². The normalized spacial score (nSPS) is 53.5. The number of aliphatic hydroxyl groups excluding tert-OH is 10. The molecular weight excluding hydrogens is 868 g/mol. The number of hydrogen-bond donors (Lipinski definition) is 11. The predicted octanol–water partition coefficient (Wildman–Crippen LogP) is -0.156. The highest BCUT2D eigenvalue weighted by Crippen LogP contribution is 2.76. The van der Waals surface area contributed by atoms with Gasteiger partial charge in [-0.2, -0.15) is 0 Å². The second kappa shape index (κ2) is 17.7. The van der Waals surface area contributed by atoms with Crippen LogP contribution in [-0.2, 0) is 38.0 Å². The van der Waals surface area contributed by atoms with E-state index in [0.717, 1.165) is 19.3 Å². The maximum atomic E-state index is 14.7. The summed E-state index contributed by atoms with van der Waals surface area (Å²) in [6.07, 6.45) is -15.2. The molecule has 8 rings (SSSR count). The second-order valence-corrected chi connectivity index (χ2v) is 22.9. The number of aliphatic carboxylic acids is 1. The summed E-state index contributed by atoms with van der Waals surface area (Å²) in [4.78, 5) is 27.2. The molecule has 0 amide bonds. The Kier molecular flexibility index (Phi) is 13.6. The summed E-state index contributed by atoms with van der Waals surface area (Å²) in [6, 6.07) is 0. The van der Waals surface area contributed by atoms with E-state index in [4.69, 9.17) is 28.4 Å². The van der Waals surface area contributed by atoms with E-state index in [2.05, 4.69) is 40.7 Å². The Hall–Kier alpha value is -1.92. The summed E-state index contributed by atoms with van der Waals surface area (Å²) < 4.78 is 34.8. The smallest absolute Gasteiger partial charge is 0.335 e. The number of aliphatic hydroxyl groups is 10. The topological polar surface area (TPSA) is 312 Å². The van der Waals surface area contributed by atoms with Crippen LogP contribution in [0, 0.1) is 50.2 Å². The quantitative estimate of drug-likeness (QED) is 0.0813. The number of fused-ring (bicyclic) bond motifs is 7. The molecule has 0 aromatic rings. The van der Waals surface area contributed by atoms with Crippen molar-refractivity contribution in [3.63, 3.8) is 0 Å². The van der Waals surface area contributed by atoms with Gasteiger partial charge in [0.25, 0.3) is 0 Å². The van der Waals surface area contributed by atoms with Crippen molar-refractivity contribution in [1.82, 2.24) is 0 Å². The Labute approximate surface area is 385 Å². The molecule has 8 aliphatic rings. The summed E-state index contributed by atoms with van der Waals surface area (Å²) in [6.45, 7) is 12.0. The van der Waals surface area contributed by atoms with Crippen molar-refractivity contribution in [2.24, 2.45) is 50.2 Å². The van der Waals surface area contributed by atoms with Crippen LogP contribution in [0.2, 0.25) is 0 Å². The van der Waals surface area contributed by atoms with Gasteiger partial charge in [0.15, 0.2) is 18.7 Å². The minimum Gasteiger partial charge on any atom is -0.479 e. The van der Waals surface area contributed by atoms with Gasteiger partial charge in [-0.15, -0.1) is 0 Å². The average Bonchev–Trinajstić information content (AvgIpc) is 3.27. The Bertz CT molecular complexity index is 1850. The van der Waals surface area contributed by atoms with Crippen LogP contribution in [0.1, 0.15) is 106 Å². The van der Waals surface area contributed by atoms with Crippen LogP contribution >= 0.6 is 0 Å². The lowest BCUT2D eigenvalue weighted by molar-refractivity contribution is -0.356. The van der Waals surface area contributed by atoms with Gasteiger partial charge >= 0.3 is 11.9 Å². The molecule has 19 nitrogen and oxygen atoms in total. The minimum atomic E-state index is -1.91. The molecule has 3 heterocycles. The first kappa shape index (κ1) is 50.5. The molecule has 3 aliphatic heterocycles. The van der Waals surface area contributed by atoms with Crippen LogP contribution < -0.4 is 0 Å². The van der Waals surface area contributed by atoms with Gasteiger partial charge in [0.05, 0.1) is 31.3 Å². The number of carbonyl (C=O) groups is 2. The van der Waals surface area contributed by atoms with Gasteiger partial charge in [0, 0.05) is 5.41 Å². The third-order valence-electron chi connectivity index (χ3n) is 19.0. The van der Waals surface area contributed by atoms with Crippen molar-refractivity contribution < 1.29 is 94.2 Å². The van der Waals surface area contributed by atoms with Gasteiger partial charge in [-0.3, -0.25) is 4.79 Å². The summed E-state index contributed by atoms with van der Waals surface area (Å²) in [7, 11) is 0. The first-order valence-corrected chi connectivity index (χ1v) is 23.9. The maximum absolute atomic E-state index is 14.7. The molecule has 0 spiro atoms. The maximum Gasteiger partial charge on any atom is 0.335 e. The standard InChI is InChI=1S/C47H74O19/c1-42(2)13-15-47(41(60)66-39-33(56)30(53)29(52)24(18-48)62-39)16-14-45(5)21(22(47)17-42)7-8-26-43(3)11-10-27(44(4,20-49)25(43)9-12-46(26,45)6)63-40-34(57)31(54)35(36(65-40)37(58)59)64-38-32(55)28(51)23(50)19-61-38/h7,22-36,38-40,48-57H,8-20H2,1-6H3,(H,58,59). The Balaban J connectivity index is 1.03. The third kappa shape index (κ3) is 7.73. The van der Waals surface area contributed by atoms with E-state index in [1.54, 1.807) is 0 Å². The molecule has 7 fully saturated rings. The zero-order chi connectivity index (χ0) is 48.3. The number of carboxylic acids is 1. The SMILES string of the molecule is CC1(C)CCC2(C(=O)OC3OC(CO)C(O)C(O)C3O)CCC3(C)C(=CCC4C5(C)CCC(OC6OC(C(=O)O)C(OC7OCC(O)C(O)C7O)C(O)C6O)C(C)(CO)C5CCC43C)C2C1. The van der Waals surface area contributed by atoms with E-state index in [0.29, 0.717) is 44.9 Å². The highest BCUT2D eigenvalue weighted by molar-refractivity contribution is 5.79. The number of esters is 1. The monoisotopic (exact) mass is 942 g/mol. The van der Waals surface area contributed by atoms with E-state index in [1.807, 2.05) is 6.92 Å². The van der Waals surface area contributed by atoms with Crippen molar-refractivity contribution in [3.8, 4) is 0 Å². The third-order valence-corrected chi connectivity index (χ3v) is 19.0. The molecule has 5 aliphatic carbocycles. The molecule has 0 bridgehead atoms. The molecule has 0 aromatic heterocycles. The minimum absolute atomic E-state index is 0.0934. The molecule has 23 unspecified atom stereocenters. The van der Waals surface area contributed by atoms with Crippen LogP contribution in [0.25, 0.3) is 0 Å². The number of carbonyl (C=O) groups excluding carboxylic acids is 1.